The molecule has 2 aromatic rings. The van der Waals surface area contributed by atoms with Crippen LogP contribution in [0.3, 0.4) is 0 Å². The van der Waals surface area contributed by atoms with Crippen LogP contribution in [0.15, 0.2) is 48.5 Å². The van der Waals surface area contributed by atoms with Gasteiger partial charge in [0.15, 0.2) is 6.10 Å². The van der Waals surface area contributed by atoms with E-state index in [1.807, 2.05) is 0 Å². The number of esters is 1. The van der Waals surface area contributed by atoms with Crippen LogP contribution in [0.25, 0.3) is 0 Å². The molecule has 138 valence electrons. The third-order valence-corrected chi connectivity index (χ3v) is 3.43. The molecule has 2 rings (SSSR count). The molecule has 0 radical (unpaired) electrons. The van der Waals surface area contributed by atoms with E-state index in [2.05, 4.69) is 10.6 Å². The Morgan fingerprint density at radius 1 is 1.11 bits per heavy atom. The van der Waals surface area contributed by atoms with E-state index in [1.54, 1.807) is 12.1 Å². The molecule has 0 aliphatic heterocycles. The standard InChI is InChI=1S/C19H16FN3O4/c1-12(18(25)23-16-5-3-2-4-15(16)20)27-19(26)13-6-8-14(9-7-13)22-17(24)10-11-21/h2-9,12H,10H2,1H3,(H,22,24)(H,23,25)/t12-/m1/s1. The van der Waals surface area contributed by atoms with Gasteiger partial charge in [-0.25, -0.2) is 9.18 Å². The zero-order valence-corrected chi connectivity index (χ0v) is 14.4. The first-order chi connectivity index (χ1) is 12.9. The van der Waals surface area contributed by atoms with Crippen LogP contribution in [0, 0.1) is 17.1 Å². The van der Waals surface area contributed by atoms with Crippen LogP contribution in [0.4, 0.5) is 15.8 Å². The Kier molecular flexibility index (Phi) is 6.61. The number of hydrogen-bond acceptors (Lipinski definition) is 5. The number of carbonyl (C=O) groups excluding carboxylic acids is 3. The molecule has 8 heteroatoms. The number of rotatable bonds is 6. The van der Waals surface area contributed by atoms with Crippen molar-refractivity contribution in [1.82, 2.24) is 0 Å². The maximum absolute atomic E-state index is 13.5. The molecule has 0 saturated carbocycles. The zero-order valence-electron chi connectivity index (χ0n) is 14.4. The van der Waals surface area contributed by atoms with Crippen LogP contribution in [0.1, 0.15) is 23.7 Å². The molecule has 2 amide bonds. The molecule has 7 nitrogen and oxygen atoms in total. The molecule has 27 heavy (non-hydrogen) atoms. The second kappa shape index (κ2) is 9.10. The van der Waals surface area contributed by atoms with Crippen molar-refractivity contribution in [3.63, 3.8) is 0 Å². The van der Waals surface area contributed by atoms with Gasteiger partial charge in [-0.3, -0.25) is 9.59 Å². The topological polar surface area (TPSA) is 108 Å². The van der Waals surface area contributed by atoms with Crippen molar-refractivity contribution in [3.05, 3.63) is 59.9 Å². The summed E-state index contributed by atoms with van der Waals surface area (Å²) in [5.41, 5.74) is 0.568. The number of benzene rings is 2. The molecule has 0 aromatic heterocycles. The quantitative estimate of drug-likeness (QED) is 0.761. The summed E-state index contributed by atoms with van der Waals surface area (Å²) >= 11 is 0. The molecular weight excluding hydrogens is 353 g/mol. The molecule has 0 heterocycles. The third kappa shape index (κ3) is 5.64. The summed E-state index contributed by atoms with van der Waals surface area (Å²) in [6.07, 6.45) is -1.43. The Bertz CT molecular complexity index is 891. The fraction of sp³-hybridized carbons (Fsp3) is 0.158. The Morgan fingerprint density at radius 3 is 2.41 bits per heavy atom. The van der Waals surface area contributed by atoms with Crippen molar-refractivity contribution >= 4 is 29.2 Å². The highest BCUT2D eigenvalue weighted by molar-refractivity contribution is 5.98. The van der Waals surface area contributed by atoms with Crippen LogP contribution in [0.2, 0.25) is 0 Å². The van der Waals surface area contributed by atoms with Gasteiger partial charge in [-0.1, -0.05) is 12.1 Å². The van der Waals surface area contributed by atoms with Crippen molar-refractivity contribution in [2.75, 3.05) is 10.6 Å². The van der Waals surface area contributed by atoms with Gasteiger partial charge in [-0.15, -0.1) is 0 Å². The lowest BCUT2D eigenvalue weighted by atomic mass is 10.2. The molecule has 1 atom stereocenters. The van der Waals surface area contributed by atoms with Gasteiger partial charge in [0.2, 0.25) is 5.91 Å². The predicted octanol–water partition coefficient (Wildman–Crippen LogP) is 2.86. The number of para-hydroxylation sites is 1. The lowest BCUT2D eigenvalue weighted by Gasteiger charge is -2.14. The highest BCUT2D eigenvalue weighted by atomic mass is 19.1. The van der Waals surface area contributed by atoms with Crippen LogP contribution < -0.4 is 10.6 Å². The summed E-state index contributed by atoms with van der Waals surface area (Å²) in [6, 6.07) is 13.1. The molecule has 0 unspecified atom stereocenters. The lowest BCUT2D eigenvalue weighted by Crippen LogP contribution is -2.30. The first kappa shape index (κ1) is 19.6. The minimum Gasteiger partial charge on any atom is -0.449 e. The average Bonchev–Trinajstić information content (AvgIpc) is 2.64. The van der Waals surface area contributed by atoms with E-state index in [0.29, 0.717) is 5.69 Å². The molecule has 0 aliphatic carbocycles. The average molecular weight is 369 g/mol. The van der Waals surface area contributed by atoms with Gasteiger partial charge in [-0.05, 0) is 43.3 Å². The van der Waals surface area contributed by atoms with E-state index < -0.39 is 29.7 Å². The highest BCUT2D eigenvalue weighted by Crippen LogP contribution is 2.15. The van der Waals surface area contributed by atoms with Gasteiger partial charge in [0.1, 0.15) is 12.2 Å². The molecule has 0 bridgehead atoms. The first-order valence-corrected chi connectivity index (χ1v) is 7.94. The van der Waals surface area contributed by atoms with E-state index in [-0.39, 0.29) is 17.7 Å². The van der Waals surface area contributed by atoms with Crippen LogP contribution >= 0.6 is 0 Å². The molecule has 2 aromatic carbocycles. The minimum atomic E-state index is -1.15. The number of ether oxygens (including phenoxy) is 1. The summed E-state index contributed by atoms with van der Waals surface area (Å²) < 4.78 is 18.6. The molecule has 0 fully saturated rings. The number of nitriles is 1. The Balaban J connectivity index is 1.93. The fourth-order valence-electron chi connectivity index (χ4n) is 2.05. The van der Waals surface area contributed by atoms with Gasteiger partial charge in [0.25, 0.3) is 5.91 Å². The number of anilines is 2. The van der Waals surface area contributed by atoms with E-state index in [1.165, 1.54) is 49.4 Å². The fourth-order valence-corrected chi connectivity index (χ4v) is 2.05. The van der Waals surface area contributed by atoms with Crippen molar-refractivity contribution in [2.24, 2.45) is 0 Å². The molecular formula is C19H16FN3O4. The molecule has 2 N–H and O–H groups in total. The number of hydrogen-bond donors (Lipinski definition) is 2. The number of nitrogens with one attached hydrogen (secondary N) is 2. The second-order valence-corrected chi connectivity index (χ2v) is 5.48. The molecule has 0 spiro atoms. The normalized spacial score (nSPS) is 11.0. The predicted molar refractivity (Wildman–Crippen MR) is 95.2 cm³/mol. The maximum atomic E-state index is 13.5. The number of carbonyl (C=O) groups is 3. The van der Waals surface area contributed by atoms with E-state index >= 15 is 0 Å². The SMILES string of the molecule is C[C@@H](OC(=O)c1ccc(NC(=O)CC#N)cc1)C(=O)Nc1ccccc1F. The zero-order chi connectivity index (χ0) is 19.8. The number of nitrogens with zero attached hydrogens (tertiary/aromatic N) is 1. The van der Waals surface area contributed by atoms with Crippen LogP contribution in [0.5, 0.6) is 0 Å². The van der Waals surface area contributed by atoms with Gasteiger partial charge in [0, 0.05) is 5.69 Å². The summed E-state index contributed by atoms with van der Waals surface area (Å²) in [6.45, 7) is 1.37. The lowest BCUT2D eigenvalue weighted by molar-refractivity contribution is -0.123. The molecule has 0 saturated heterocycles. The van der Waals surface area contributed by atoms with E-state index in [0.717, 1.165) is 0 Å². The smallest absolute Gasteiger partial charge is 0.338 e. The monoisotopic (exact) mass is 369 g/mol. The van der Waals surface area contributed by atoms with Crippen molar-refractivity contribution in [1.29, 1.82) is 5.26 Å². The van der Waals surface area contributed by atoms with E-state index in [4.69, 9.17) is 10.00 Å². The van der Waals surface area contributed by atoms with E-state index in [9.17, 15) is 18.8 Å². The van der Waals surface area contributed by atoms with Crippen molar-refractivity contribution in [3.8, 4) is 6.07 Å². The summed E-state index contributed by atoms with van der Waals surface area (Å²) in [4.78, 5) is 35.5. The minimum absolute atomic E-state index is 0.0112. The maximum Gasteiger partial charge on any atom is 0.338 e. The summed E-state index contributed by atoms with van der Waals surface area (Å²) in [5, 5.41) is 13.3. The van der Waals surface area contributed by atoms with Gasteiger partial charge in [-0.2, -0.15) is 5.26 Å². The number of halogens is 1. The third-order valence-electron chi connectivity index (χ3n) is 3.43. The van der Waals surface area contributed by atoms with Crippen molar-refractivity contribution < 1.29 is 23.5 Å². The Hall–Kier alpha value is -3.73. The Labute approximate surface area is 154 Å². The number of amides is 2. The highest BCUT2D eigenvalue weighted by Gasteiger charge is 2.20. The summed E-state index contributed by atoms with van der Waals surface area (Å²) in [5.74, 6) is -2.49. The van der Waals surface area contributed by atoms with Gasteiger partial charge in [0.05, 0.1) is 17.3 Å². The summed E-state index contributed by atoms with van der Waals surface area (Å²) in [7, 11) is 0. The largest absolute Gasteiger partial charge is 0.449 e. The van der Waals surface area contributed by atoms with Crippen molar-refractivity contribution in [2.45, 2.75) is 19.4 Å². The van der Waals surface area contributed by atoms with Gasteiger partial charge >= 0.3 is 5.97 Å². The van der Waals surface area contributed by atoms with Crippen LogP contribution in [-0.4, -0.2) is 23.9 Å². The van der Waals surface area contributed by atoms with Gasteiger partial charge < -0.3 is 15.4 Å². The van der Waals surface area contributed by atoms with Crippen LogP contribution in [-0.2, 0) is 14.3 Å². The first-order valence-electron chi connectivity index (χ1n) is 7.94. The molecule has 0 aliphatic rings. The second-order valence-electron chi connectivity index (χ2n) is 5.48. The Morgan fingerprint density at radius 2 is 1.78 bits per heavy atom.